The van der Waals surface area contributed by atoms with E-state index in [4.69, 9.17) is 11.6 Å². The van der Waals surface area contributed by atoms with Crippen molar-refractivity contribution in [2.45, 2.75) is 15.7 Å². The van der Waals surface area contributed by atoms with Crippen LogP contribution in [0.2, 0.25) is 0 Å². The number of rotatable bonds is 2. The van der Waals surface area contributed by atoms with Crippen LogP contribution in [0.1, 0.15) is 17.9 Å². The lowest BCUT2D eigenvalue weighted by Gasteiger charge is -2.28. The van der Waals surface area contributed by atoms with Gasteiger partial charge in [-0.2, -0.15) is 0 Å². The number of nitrogens with zero attached hydrogens (tertiary/aromatic N) is 2. The van der Waals surface area contributed by atoms with E-state index in [2.05, 4.69) is 62.3 Å². The van der Waals surface area contributed by atoms with Gasteiger partial charge in [0.25, 0.3) is 0 Å². The molecule has 0 saturated heterocycles. The first-order valence-electron chi connectivity index (χ1n) is 6.35. The molecule has 0 amide bonds. The molecular weight excluding hydrogens is 513 g/mol. The minimum Gasteiger partial charge on any atom is -0.710 e. The van der Waals surface area contributed by atoms with E-state index >= 15 is 0 Å². The molecule has 0 radical (unpaired) electrons. The molecule has 108 valence electrons. The zero-order valence-corrected chi connectivity index (χ0v) is 16.0. The zero-order chi connectivity index (χ0) is 15.0. The van der Waals surface area contributed by atoms with E-state index in [-0.39, 0.29) is 9.30 Å². The summed E-state index contributed by atoms with van der Waals surface area (Å²) >= 11 is 10.6. The van der Waals surface area contributed by atoms with Gasteiger partial charge < -0.3 is 5.21 Å². The summed E-state index contributed by atoms with van der Waals surface area (Å²) in [5, 5.41) is 13.6. The molecule has 1 atom stereocenters. The predicted molar refractivity (Wildman–Crippen MR) is 102 cm³/mol. The largest absolute Gasteiger partial charge is 0.710 e. The molecular formula is C15H11ClI2N2O. The van der Waals surface area contributed by atoms with Crippen molar-refractivity contribution in [3.8, 4) is 0 Å². The second kappa shape index (κ2) is 6.00. The van der Waals surface area contributed by atoms with Crippen molar-refractivity contribution in [1.82, 2.24) is 4.98 Å². The third-order valence-electron chi connectivity index (χ3n) is 3.42. The van der Waals surface area contributed by atoms with E-state index in [9.17, 15) is 5.21 Å². The fraction of sp³-hybridized carbons (Fsp3) is 0.200. The Labute approximate surface area is 155 Å². The molecule has 0 saturated carbocycles. The smallest absolute Gasteiger partial charge is 0.317 e. The van der Waals surface area contributed by atoms with E-state index in [0.717, 1.165) is 22.1 Å². The predicted octanol–water partition coefficient (Wildman–Crippen LogP) is 4.52. The van der Waals surface area contributed by atoms with Crippen LogP contribution in [0.25, 0.3) is 10.9 Å². The normalized spacial score (nSPS) is 21.6. The fourth-order valence-corrected chi connectivity index (χ4v) is 5.34. The van der Waals surface area contributed by atoms with Gasteiger partial charge in [0.1, 0.15) is 15.0 Å². The van der Waals surface area contributed by atoms with Gasteiger partial charge in [-0.15, -0.1) is 11.6 Å². The SMILES string of the molecule is [O-][n+]1c(CCl)nc2ccccc2c1C1(I)C=CC=C(I)C1. The molecule has 2 aromatic rings. The zero-order valence-electron chi connectivity index (χ0n) is 10.9. The second-order valence-corrected chi connectivity index (χ2v) is 8.41. The first-order chi connectivity index (χ1) is 10.0. The highest BCUT2D eigenvalue weighted by Gasteiger charge is 2.36. The Morgan fingerprint density at radius 1 is 1.38 bits per heavy atom. The van der Waals surface area contributed by atoms with Gasteiger partial charge in [-0.25, -0.2) is 4.73 Å². The number of halogens is 3. The molecule has 3 rings (SSSR count). The highest BCUT2D eigenvalue weighted by molar-refractivity contribution is 14.1. The van der Waals surface area contributed by atoms with Crippen molar-refractivity contribution < 1.29 is 4.73 Å². The number of alkyl halides is 2. The number of benzene rings is 1. The summed E-state index contributed by atoms with van der Waals surface area (Å²) in [5.74, 6) is 0.449. The van der Waals surface area contributed by atoms with Gasteiger partial charge in [-0.1, -0.05) is 53.0 Å². The van der Waals surface area contributed by atoms with Crippen molar-refractivity contribution in [3.63, 3.8) is 0 Å². The lowest BCUT2D eigenvalue weighted by atomic mass is 9.94. The summed E-state index contributed by atoms with van der Waals surface area (Å²) < 4.78 is 1.74. The summed E-state index contributed by atoms with van der Waals surface area (Å²) in [6.07, 6.45) is 6.94. The Kier molecular flexibility index (Phi) is 4.42. The molecule has 0 aliphatic heterocycles. The van der Waals surface area contributed by atoms with Gasteiger partial charge in [0.15, 0.2) is 5.52 Å². The topological polar surface area (TPSA) is 39.8 Å². The monoisotopic (exact) mass is 524 g/mol. The average Bonchev–Trinajstić information content (AvgIpc) is 2.46. The molecule has 3 nitrogen and oxygen atoms in total. The third-order valence-corrected chi connectivity index (χ3v) is 5.65. The summed E-state index contributed by atoms with van der Waals surface area (Å²) in [6.45, 7) is 0. The van der Waals surface area contributed by atoms with E-state index in [1.54, 1.807) is 0 Å². The van der Waals surface area contributed by atoms with Crippen LogP contribution in [0.15, 0.2) is 46.1 Å². The van der Waals surface area contributed by atoms with Crippen LogP contribution in [0.5, 0.6) is 0 Å². The number of aromatic nitrogens is 2. The average molecular weight is 525 g/mol. The Balaban J connectivity index is 2.33. The molecule has 1 heterocycles. The Morgan fingerprint density at radius 3 is 2.86 bits per heavy atom. The lowest BCUT2D eigenvalue weighted by molar-refractivity contribution is -0.624. The highest BCUT2D eigenvalue weighted by atomic mass is 127. The Hall–Kier alpha value is -0.410. The highest BCUT2D eigenvalue weighted by Crippen LogP contribution is 2.44. The van der Waals surface area contributed by atoms with E-state index < -0.39 is 0 Å². The van der Waals surface area contributed by atoms with Crippen molar-refractivity contribution >= 4 is 67.7 Å². The third kappa shape index (κ3) is 2.79. The molecule has 0 fully saturated rings. The standard InChI is InChI=1S/C15H11ClI2N2O/c16-9-13-19-12-6-2-1-5-11(12)14(20(13)21)15(18)7-3-4-10(17)8-15/h1-7H,8-9H2. The minimum absolute atomic E-state index is 0.102. The van der Waals surface area contributed by atoms with Gasteiger partial charge in [-0.05, 0) is 43.3 Å². The molecule has 1 aromatic heterocycles. The van der Waals surface area contributed by atoms with Crippen molar-refractivity contribution in [1.29, 1.82) is 0 Å². The minimum atomic E-state index is -0.381. The number of para-hydroxylation sites is 1. The molecule has 6 heteroatoms. The van der Waals surface area contributed by atoms with Crippen molar-refractivity contribution in [2.24, 2.45) is 0 Å². The van der Waals surface area contributed by atoms with Crippen LogP contribution in [0, 0.1) is 5.21 Å². The second-order valence-electron chi connectivity index (χ2n) is 4.83. The fourth-order valence-electron chi connectivity index (χ4n) is 2.50. The maximum Gasteiger partial charge on any atom is 0.317 e. The van der Waals surface area contributed by atoms with E-state index in [1.807, 2.05) is 30.3 Å². The molecule has 0 spiro atoms. The van der Waals surface area contributed by atoms with Crippen molar-refractivity contribution in [3.05, 3.63) is 62.8 Å². The summed E-state index contributed by atoms with van der Waals surface area (Å²) in [4.78, 5) is 4.37. The van der Waals surface area contributed by atoms with Crippen LogP contribution in [-0.2, 0) is 9.30 Å². The number of allylic oxidation sites excluding steroid dienone is 4. The lowest BCUT2D eigenvalue weighted by Crippen LogP contribution is -2.43. The maximum absolute atomic E-state index is 12.7. The molecule has 1 aliphatic carbocycles. The van der Waals surface area contributed by atoms with Crippen LogP contribution < -0.4 is 4.73 Å². The number of fused-ring (bicyclic) bond motifs is 1. The van der Waals surface area contributed by atoms with E-state index in [0.29, 0.717) is 11.5 Å². The van der Waals surface area contributed by atoms with Gasteiger partial charge in [0, 0.05) is 6.42 Å². The van der Waals surface area contributed by atoms with Gasteiger partial charge >= 0.3 is 5.82 Å². The molecule has 0 N–H and O–H groups in total. The van der Waals surface area contributed by atoms with Gasteiger partial charge in [-0.3, -0.25) is 0 Å². The first-order valence-corrected chi connectivity index (χ1v) is 9.05. The van der Waals surface area contributed by atoms with Gasteiger partial charge in [0.05, 0.1) is 5.39 Å². The molecule has 0 bridgehead atoms. The van der Waals surface area contributed by atoms with Crippen molar-refractivity contribution in [2.75, 3.05) is 0 Å². The number of hydrogen-bond donors (Lipinski definition) is 0. The molecule has 1 aliphatic rings. The number of hydrogen-bond acceptors (Lipinski definition) is 2. The van der Waals surface area contributed by atoms with Crippen LogP contribution in [0.4, 0.5) is 0 Å². The first kappa shape index (κ1) is 15.5. The Bertz CT molecular complexity index is 776. The molecule has 21 heavy (non-hydrogen) atoms. The summed E-state index contributed by atoms with van der Waals surface area (Å²) in [6, 6.07) is 7.72. The summed E-state index contributed by atoms with van der Waals surface area (Å²) in [7, 11) is 0. The van der Waals surface area contributed by atoms with E-state index in [1.165, 1.54) is 3.58 Å². The van der Waals surface area contributed by atoms with Crippen LogP contribution in [0.3, 0.4) is 0 Å². The maximum atomic E-state index is 12.7. The quantitative estimate of drug-likeness (QED) is 0.251. The molecule has 1 aromatic carbocycles. The van der Waals surface area contributed by atoms with Gasteiger partial charge in [0.2, 0.25) is 0 Å². The molecule has 1 unspecified atom stereocenters. The van der Waals surface area contributed by atoms with Crippen LogP contribution >= 0.6 is 56.8 Å². The Morgan fingerprint density at radius 2 is 2.14 bits per heavy atom. The summed E-state index contributed by atoms with van der Waals surface area (Å²) in [5.41, 5.74) is 1.52. The van der Waals surface area contributed by atoms with Crippen LogP contribution in [-0.4, -0.2) is 4.98 Å².